The largest absolute Gasteiger partial charge is 0.304 e. The quantitative estimate of drug-likeness (QED) is 0.758. The molecule has 0 bridgehead atoms. The van der Waals surface area contributed by atoms with E-state index in [4.69, 9.17) is 0 Å². The van der Waals surface area contributed by atoms with Crippen LogP contribution in [0.25, 0.3) is 0 Å². The van der Waals surface area contributed by atoms with Crippen LogP contribution in [0, 0.1) is 5.82 Å². The van der Waals surface area contributed by atoms with Crippen molar-refractivity contribution >= 4 is 0 Å². The molecule has 3 nitrogen and oxygen atoms in total. The van der Waals surface area contributed by atoms with E-state index in [9.17, 15) is 4.39 Å². The summed E-state index contributed by atoms with van der Waals surface area (Å²) in [4.78, 5) is 4.93. The summed E-state index contributed by atoms with van der Waals surface area (Å²) in [7, 11) is 2.19. The number of nitrogens with one attached hydrogen (secondary N) is 1. The van der Waals surface area contributed by atoms with Gasteiger partial charge in [-0.1, -0.05) is 62.7 Å². The molecule has 2 aromatic carbocycles. The molecule has 0 unspecified atom stereocenters. The molecular weight excluding hydrogens is 361 g/mol. The Balaban J connectivity index is 0.00000240. The van der Waals surface area contributed by atoms with Crippen molar-refractivity contribution in [3.63, 3.8) is 0 Å². The van der Waals surface area contributed by atoms with Gasteiger partial charge < -0.3 is 10.2 Å². The minimum atomic E-state index is -0.230. The number of benzene rings is 2. The van der Waals surface area contributed by atoms with E-state index in [0.29, 0.717) is 0 Å². The zero-order chi connectivity index (χ0) is 19.4. The topological polar surface area (TPSA) is 18.5 Å². The molecule has 0 aromatic heterocycles. The van der Waals surface area contributed by atoms with Crippen molar-refractivity contribution in [2.75, 3.05) is 33.2 Å². The van der Waals surface area contributed by atoms with Gasteiger partial charge in [0.1, 0.15) is 5.82 Å². The lowest BCUT2D eigenvalue weighted by Gasteiger charge is -2.34. The Morgan fingerprint density at radius 2 is 1.52 bits per heavy atom. The Labute approximate surface area is 175 Å². The number of nitrogens with zero attached hydrogens (tertiary/aromatic N) is 2. The van der Waals surface area contributed by atoms with Crippen molar-refractivity contribution in [1.82, 2.24) is 15.1 Å². The second-order valence-corrected chi connectivity index (χ2v) is 8.47. The van der Waals surface area contributed by atoms with E-state index >= 15 is 0 Å². The fourth-order valence-electron chi connectivity index (χ4n) is 4.76. The summed E-state index contributed by atoms with van der Waals surface area (Å²) in [6.07, 6.45) is 4.33. The van der Waals surface area contributed by atoms with E-state index < -0.39 is 0 Å². The van der Waals surface area contributed by atoms with Crippen LogP contribution in [0.15, 0.2) is 48.5 Å². The molecule has 0 spiro atoms. The lowest BCUT2D eigenvalue weighted by Crippen LogP contribution is -2.44. The number of hydrogen-bond acceptors (Lipinski definition) is 3. The van der Waals surface area contributed by atoms with Crippen LogP contribution >= 0.6 is 0 Å². The molecule has 4 heteroatoms. The molecule has 29 heavy (non-hydrogen) atoms. The highest BCUT2D eigenvalue weighted by atomic mass is 19.1. The monoisotopic (exact) mass is 397 g/mol. The lowest BCUT2D eigenvalue weighted by molar-refractivity contribution is 0.148. The molecule has 0 atom stereocenters. The highest BCUT2D eigenvalue weighted by Crippen LogP contribution is 2.40. The van der Waals surface area contributed by atoms with Crippen LogP contribution in [0.4, 0.5) is 4.39 Å². The second-order valence-electron chi connectivity index (χ2n) is 8.47. The maximum absolute atomic E-state index is 14.6. The first-order valence-electron chi connectivity index (χ1n) is 10.6. The second kappa shape index (κ2) is 9.84. The van der Waals surface area contributed by atoms with Gasteiger partial charge in [0.25, 0.3) is 0 Å². The van der Waals surface area contributed by atoms with Crippen LogP contribution in [-0.2, 0) is 18.6 Å². The summed E-state index contributed by atoms with van der Waals surface area (Å²) in [6, 6.07) is 16.0. The molecule has 1 saturated heterocycles. The first-order valence-corrected chi connectivity index (χ1v) is 10.6. The van der Waals surface area contributed by atoms with E-state index in [2.05, 4.69) is 46.4 Å². The molecule has 2 aromatic rings. The van der Waals surface area contributed by atoms with E-state index in [0.717, 1.165) is 70.5 Å². The van der Waals surface area contributed by atoms with Gasteiger partial charge in [-0.3, -0.25) is 4.90 Å². The van der Waals surface area contributed by atoms with Gasteiger partial charge in [-0.15, -0.1) is 0 Å². The molecule has 4 rings (SSSR count). The number of likely N-dealkylation sites (N-methyl/N-ethyl adjacent to an activating group) is 1. The summed E-state index contributed by atoms with van der Waals surface area (Å²) >= 11 is 0. The van der Waals surface area contributed by atoms with E-state index in [1.54, 1.807) is 12.1 Å². The third-order valence-electron chi connectivity index (χ3n) is 6.57. The van der Waals surface area contributed by atoms with Crippen LogP contribution in [-0.4, -0.2) is 43.0 Å². The third-order valence-corrected chi connectivity index (χ3v) is 6.57. The molecular formula is C25H36FN3. The molecule has 0 radical (unpaired) electrons. The lowest BCUT2D eigenvalue weighted by atomic mass is 9.87. The average molecular weight is 398 g/mol. The SMILES string of the molecule is C.CN1CCN(Cc2ccccc2CNC2(c3ccccc3F)CCCC2)CC1. The Morgan fingerprint density at radius 3 is 2.21 bits per heavy atom. The first kappa shape index (κ1) is 21.9. The normalized spacial score (nSPS) is 19.8. The van der Waals surface area contributed by atoms with E-state index in [-0.39, 0.29) is 18.8 Å². The van der Waals surface area contributed by atoms with Gasteiger partial charge in [0.05, 0.1) is 0 Å². The van der Waals surface area contributed by atoms with Gasteiger partial charge in [-0.05, 0) is 37.1 Å². The number of piperazine rings is 1. The highest BCUT2D eigenvalue weighted by molar-refractivity contribution is 5.30. The van der Waals surface area contributed by atoms with Gasteiger partial charge >= 0.3 is 0 Å². The number of halogens is 1. The summed E-state index contributed by atoms with van der Waals surface area (Å²) in [5.74, 6) is -0.0809. The Bertz CT molecular complexity index is 777. The summed E-state index contributed by atoms with van der Waals surface area (Å²) < 4.78 is 14.6. The predicted octanol–water partition coefficient (Wildman–Crippen LogP) is 4.77. The maximum Gasteiger partial charge on any atom is 0.128 e. The number of rotatable bonds is 6. The van der Waals surface area contributed by atoms with Gasteiger partial charge in [0.2, 0.25) is 0 Å². The molecule has 1 heterocycles. The van der Waals surface area contributed by atoms with Crippen molar-refractivity contribution in [3.05, 3.63) is 71.0 Å². The van der Waals surface area contributed by atoms with Crippen molar-refractivity contribution in [1.29, 1.82) is 0 Å². The molecule has 2 fully saturated rings. The minimum Gasteiger partial charge on any atom is -0.304 e. The summed E-state index contributed by atoms with van der Waals surface area (Å²) in [5, 5.41) is 3.79. The van der Waals surface area contributed by atoms with Gasteiger partial charge in [0, 0.05) is 50.4 Å². The molecule has 0 amide bonds. The van der Waals surface area contributed by atoms with Crippen LogP contribution < -0.4 is 5.32 Å². The third kappa shape index (κ3) is 5.06. The predicted molar refractivity (Wildman–Crippen MR) is 119 cm³/mol. The Morgan fingerprint density at radius 1 is 0.897 bits per heavy atom. The fraction of sp³-hybridized carbons (Fsp3) is 0.520. The van der Waals surface area contributed by atoms with Crippen LogP contribution in [0.5, 0.6) is 0 Å². The van der Waals surface area contributed by atoms with Crippen LogP contribution in [0.1, 0.15) is 49.8 Å². The first-order chi connectivity index (χ1) is 13.7. The van der Waals surface area contributed by atoms with Gasteiger partial charge in [-0.2, -0.15) is 0 Å². The van der Waals surface area contributed by atoms with Gasteiger partial charge in [0.15, 0.2) is 0 Å². The standard InChI is InChI=1S/C24H32FN3.CH4/c1-27-14-16-28(17-15-27)19-21-9-3-2-8-20(21)18-26-24(12-6-7-13-24)22-10-4-5-11-23(22)25;/h2-5,8-11,26H,6-7,12-19H2,1H3;1H4. The van der Waals surface area contributed by atoms with E-state index in [1.807, 2.05) is 12.1 Å². The summed E-state index contributed by atoms with van der Waals surface area (Å²) in [6.45, 7) is 6.30. The smallest absolute Gasteiger partial charge is 0.128 e. The molecule has 2 aliphatic rings. The number of hydrogen-bond donors (Lipinski definition) is 1. The maximum atomic E-state index is 14.6. The van der Waals surface area contributed by atoms with Crippen molar-refractivity contribution < 1.29 is 4.39 Å². The minimum absolute atomic E-state index is 0. The van der Waals surface area contributed by atoms with Crippen molar-refractivity contribution in [3.8, 4) is 0 Å². The summed E-state index contributed by atoms with van der Waals surface area (Å²) in [5.41, 5.74) is 3.33. The fourth-order valence-corrected chi connectivity index (χ4v) is 4.76. The van der Waals surface area contributed by atoms with E-state index in [1.165, 1.54) is 11.1 Å². The molecule has 1 N–H and O–H groups in total. The Hall–Kier alpha value is -1.75. The van der Waals surface area contributed by atoms with Crippen molar-refractivity contribution in [2.24, 2.45) is 0 Å². The Kier molecular flexibility index (Phi) is 7.44. The average Bonchev–Trinajstić information content (AvgIpc) is 3.19. The zero-order valence-electron chi connectivity index (χ0n) is 17.0. The van der Waals surface area contributed by atoms with Crippen LogP contribution in [0.3, 0.4) is 0 Å². The molecule has 1 aliphatic heterocycles. The zero-order valence-corrected chi connectivity index (χ0v) is 17.0. The van der Waals surface area contributed by atoms with Crippen molar-refractivity contribution in [2.45, 2.75) is 51.7 Å². The molecule has 1 aliphatic carbocycles. The van der Waals surface area contributed by atoms with Gasteiger partial charge in [-0.25, -0.2) is 4.39 Å². The molecule has 1 saturated carbocycles. The highest BCUT2D eigenvalue weighted by Gasteiger charge is 2.37. The van der Waals surface area contributed by atoms with Crippen LogP contribution in [0.2, 0.25) is 0 Å². The molecule has 158 valence electrons.